The first kappa shape index (κ1) is 17.7. The van der Waals surface area contributed by atoms with E-state index in [1.165, 1.54) is 70.6 Å². The molecule has 2 nitrogen and oxygen atoms in total. The van der Waals surface area contributed by atoms with Gasteiger partial charge in [0.1, 0.15) is 0 Å². The van der Waals surface area contributed by atoms with Crippen molar-refractivity contribution in [3.63, 3.8) is 0 Å². The molecule has 2 heteroatoms. The fourth-order valence-corrected chi connectivity index (χ4v) is 5.95. The summed E-state index contributed by atoms with van der Waals surface area (Å²) in [5.41, 5.74) is 0. The monoisotopic (exact) mass is 320 g/mol. The Morgan fingerprint density at radius 1 is 0.957 bits per heavy atom. The summed E-state index contributed by atoms with van der Waals surface area (Å²) < 4.78 is 0. The van der Waals surface area contributed by atoms with Crippen LogP contribution in [-0.4, -0.2) is 18.2 Å². The van der Waals surface area contributed by atoms with Crippen LogP contribution in [0.4, 0.5) is 0 Å². The van der Waals surface area contributed by atoms with Crippen LogP contribution in [0.2, 0.25) is 0 Å². The Kier molecular flexibility index (Phi) is 6.43. The molecule has 0 spiro atoms. The zero-order valence-corrected chi connectivity index (χ0v) is 15.8. The molecule has 3 aliphatic rings. The minimum absolute atomic E-state index is 0.611. The average Bonchev–Trinajstić information content (AvgIpc) is 2.76. The van der Waals surface area contributed by atoms with Crippen LogP contribution < -0.4 is 10.6 Å². The molecule has 0 aromatic heterocycles. The molecule has 2 heterocycles. The molecule has 0 aromatic carbocycles. The Hall–Kier alpha value is -0.0800. The van der Waals surface area contributed by atoms with Gasteiger partial charge >= 0.3 is 0 Å². The van der Waals surface area contributed by atoms with E-state index < -0.39 is 0 Å². The van der Waals surface area contributed by atoms with E-state index in [0.29, 0.717) is 6.17 Å². The van der Waals surface area contributed by atoms with E-state index in [2.05, 4.69) is 31.4 Å². The van der Waals surface area contributed by atoms with Crippen molar-refractivity contribution in [1.82, 2.24) is 10.6 Å². The lowest BCUT2D eigenvalue weighted by atomic mass is 9.63. The van der Waals surface area contributed by atoms with Crippen LogP contribution >= 0.6 is 0 Å². The maximum absolute atomic E-state index is 3.99. The third-order valence-corrected chi connectivity index (χ3v) is 7.35. The smallest absolute Gasteiger partial charge is 0.0576 e. The van der Waals surface area contributed by atoms with E-state index in [-0.39, 0.29) is 0 Å². The van der Waals surface area contributed by atoms with Gasteiger partial charge < -0.3 is 0 Å². The highest BCUT2D eigenvalue weighted by molar-refractivity contribution is 5.01. The van der Waals surface area contributed by atoms with Gasteiger partial charge in [0.2, 0.25) is 0 Å². The van der Waals surface area contributed by atoms with E-state index >= 15 is 0 Å². The van der Waals surface area contributed by atoms with E-state index in [1.54, 1.807) is 0 Å². The van der Waals surface area contributed by atoms with Crippen molar-refractivity contribution >= 4 is 0 Å². The van der Waals surface area contributed by atoms with E-state index in [1.807, 2.05) is 0 Å². The fraction of sp³-hybridized carbons (Fsp3) is 1.00. The molecule has 1 saturated carbocycles. The van der Waals surface area contributed by atoms with Crippen molar-refractivity contribution < 1.29 is 0 Å². The Morgan fingerprint density at radius 2 is 1.74 bits per heavy atom. The van der Waals surface area contributed by atoms with Crippen molar-refractivity contribution in [2.75, 3.05) is 0 Å². The van der Waals surface area contributed by atoms with Crippen LogP contribution in [0.3, 0.4) is 0 Å². The standard InChI is InChI=1S/C21H40N2/c1-4-6-7-10-15(3)17-14-18-19-11-8-9-12-21(22-19)23-20(18)13-16(17)5-2/h15-23H,4-14H2,1-3H3. The van der Waals surface area contributed by atoms with E-state index in [9.17, 15) is 0 Å². The number of hydrogen-bond donors (Lipinski definition) is 2. The van der Waals surface area contributed by atoms with Gasteiger partial charge in [0.05, 0.1) is 6.17 Å². The number of fused-ring (bicyclic) bond motifs is 4. The number of unbranched alkanes of at least 4 members (excludes halogenated alkanes) is 2. The quantitative estimate of drug-likeness (QED) is 0.666. The lowest BCUT2D eigenvalue weighted by molar-refractivity contribution is 0.0335. The van der Waals surface area contributed by atoms with E-state index in [0.717, 1.165) is 35.8 Å². The minimum Gasteiger partial charge on any atom is -0.299 e. The SMILES string of the molecule is CCCCCC(C)C1CC2C3CCCCC(N3)NC2CC1CC. The number of rotatable bonds is 6. The molecular formula is C21H40N2. The molecule has 23 heavy (non-hydrogen) atoms. The topological polar surface area (TPSA) is 24.1 Å². The molecule has 0 amide bonds. The summed E-state index contributed by atoms with van der Waals surface area (Å²) in [4.78, 5) is 0. The highest BCUT2D eigenvalue weighted by Crippen LogP contribution is 2.45. The van der Waals surface area contributed by atoms with Gasteiger partial charge in [0.25, 0.3) is 0 Å². The minimum atomic E-state index is 0.611. The third kappa shape index (κ3) is 4.12. The molecule has 2 N–H and O–H groups in total. The molecule has 0 aromatic rings. The molecule has 7 unspecified atom stereocenters. The Morgan fingerprint density at radius 3 is 2.52 bits per heavy atom. The molecule has 2 saturated heterocycles. The maximum atomic E-state index is 3.99. The summed E-state index contributed by atoms with van der Waals surface area (Å²) in [6.07, 6.45) is 16.2. The van der Waals surface area contributed by atoms with Gasteiger partial charge in [-0.1, -0.05) is 65.7 Å². The van der Waals surface area contributed by atoms with Crippen LogP contribution in [0.15, 0.2) is 0 Å². The lowest BCUT2D eigenvalue weighted by Gasteiger charge is -2.51. The molecular weight excluding hydrogens is 280 g/mol. The van der Waals surface area contributed by atoms with Gasteiger partial charge in [-0.05, 0) is 49.4 Å². The largest absolute Gasteiger partial charge is 0.299 e. The second kappa shape index (κ2) is 8.34. The first-order chi connectivity index (χ1) is 11.2. The second-order valence-electron chi connectivity index (χ2n) is 8.82. The van der Waals surface area contributed by atoms with Gasteiger partial charge in [0.15, 0.2) is 0 Å². The van der Waals surface area contributed by atoms with Crippen LogP contribution in [0, 0.1) is 23.7 Å². The average molecular weight is 321 g/mol. The van der Waals surface area contributed by atoms with E-state index in [4.69, 9.17) is 0 Å². The summed E-state index contributed by atoms with van der Waals surface area (Å²) in [6, 6.07) is 1.60. The predicted octanol–water partition coefficient (Wildman–Crippen LogP) is 5.09. The molecule has 7 atom stereocenters. The van der Waals surface area contributed by atoms with Crippen LogP contribution in [0.5, 0.6) is 0 Å². The molecule has 1 aliphatic carbocycles. The Bertz CT molecular complexity index is 356. The van der Waals surface area contributed by atoms with Crippen molar-refractivity contribution in [3.8, 4) is 0 Å². The summed E-state index contributed by atoms with van der Waals surface area (Å²) in [5, 5.41) is 7.94. The zero-order chi connectivity index (χ0) is 16.2. The van der Waals surface area contributed by atoms with Gasteiger partial charge in [-0.15, -0.1) is 0 Å². The second-order valence-corrected chi connectivity index (χ2v) is 8.82. The number of nitrogens with one attached hydrogen (secondary N) is 2. The van der Waals surface area contributed by atoms with Crippen molar-refractivity contribution in [1.29, 1.82) is 0 Å². The van der Waals surface area contributed by atoms with Crippen molar-refractivity contribution in [3.05, 3.63) is 0 Å². The Labute approximate surface area is 144 Å². The molecule has 3 rings (SSSR count). The van der Waals surface area contributed by atoms with Crippen LogP contribution in [0.25, 0.3) is 0 Å². The number of hydrogen-bond acceptors (Lipinski definition) is 2. The molecule has 2 bridgehead atoms. The van der Waals surface area contributed by atoms with Crippen LogP contribution in [0.1, 0.15) is 91.4 Å². The highest BCUT2D eigenvalue weighted by atomic mass is 15.2. The normalized spacial score (nSPS) is 41.9. The van der Waals surface area contributed by atoms with Crippen molar-refractivity contribution in [2.45, 2.75) is 110 Å². The lowest BCUT2D eigenvalue weighted by Crippen LogP contribution is -2.64. The van der Waals surface area contributed by atoms with Gasteiger partial charge in [-0.25, -0.2) is 0 Å². The fourth-order valence-electron chi connectivity index (χ4n) is 5.95. The summed E-state index contributed by atoms with van der Waals surface area (Å²) in [6.45, 7) is 7.32. The third-order valence-electron chi connectivity index (χ3n) is 7.35. The Balaban J connectivity index is 1.65. The summed E-state index contributed by atoms with van der Waals surface area (Å²) in [7, 11) is 0. The van der Waals surface area contributed by atoms with Crippen molar-refractivity contribution in [2.24, 2.45) is 23.7 Å². The van der Waals surface area contributed by atoms with Gasteiger partial charge in [0, 0.05) is 12.1 Å². The first-order valence-electron chi connectivity index (χ1n) is 10.7. The summed E-state index contributed by atoms with van der Waals surface area (Å²) >= 11 is 0. The van der Waals surface area contributed by atoms with Gasteiger partial charge in [-0.2, -0.15) is 0 Å². The molecule has 134 valence electrons. The first-order valence-corrected chi connectivity index (χ1v) is 10.7. The molecule has 0 radical (unpaired) electrons. The van der Waals surface area contributed by atoms with Gasteiger partial charge in [-0.3, -0.25) is 10.6 Å². The molecule has 2 aliphatic heterocycles. The van der Waals surface area contributed by atoms with Crippen LogP contribution in [-0.2, 0) is 0 Å². The zero-order valence-electron chi connectivity index (χ0n) is 15.8. The maximum Gasteiger partial charge on any atom is 0.0576 e. The molecule has 3 fully saturated rings. The highest BCUT2D eigenvalue weighted by Gasteiger charge is 2.45. The predicted molar refractivity (Wildman–Crippen MR) is 99.4 cm³/mol. The summed E-state index contributed by atoms with van der Waals surface area (Å²) in [5.74, 6) is 3.75.